The SMILES string of the molecule is COC(CNC(=O)OCC1c2ccccc2-c2ccccc21)CC(=O)NCCSCC(=O)O. The van der Waals surface area contributed by atoms with Crippen molar-refractivity contribution in [2.75, 3.05) is 38.3 Å². The Bertz CT molecular complexity index is 937. The number of hydrogen-bond acceptors (Lipinski definition) is 6. The van der Waals surface area contributed by atoms with Crippen LogP contribution in [0.4, 0.5) is 4.79 Å². The molecule has 1 aliphatic rings. The Kier molecular flexibility index (Phi) is 9.14. The number of hydrogen-bond donors (Lipinski definition) is 3. The van der Waals surface area contributed by atoms with E-state index in [1.807, 2.05) is 24.3 Å². The van der Waals surface area contributed by atoms with Crippen LogP contribution in [0.25, 0.3) is 11.1 Å². The zero-order valence-corrected chi connectivity index (χ0v) is 19.2. The molecule has 9 heteroatoms. The summed E-state index contributed by atoms with van der Waals surface area (Å²) < 4.78 is 10.8. The van der Waals surface area contributed by atoms with Gasteiger partial charge in [0.05, 0.1) is 18.3 Å². The van der Waals surface area contributed by atoms with Crippen LogP contribution in [0, 0.1) is 0 Å². The Hall–Kier alpha value is -3.04. The maximum absolute atomic E-state index is 12.3. The van der Waals surface area contributed by atoms with E-state index in [2.05, 4.69) is 34.9 Å². The Morgan fingerprint density at radius 1 is 1.03 bits per heavy atom. The van der Waals surface area contributed by atoms with Crippen LogP contribution in [-0.2, 0) is 19.1 Å². The molecule has 1 unspecified atom stereocenters. The van der Waals surface area contributed by atoms with Crippen molar-refractivity contribution in [3.05, 3.63) is 59.7 Å². The molecule has 33 heavy (non-hydrogen) atoms. The third-order valence-electron chi connectivity index (χ3n) is 5.36. The largest absolute Gasteiger partial charge is 0.481 e. The van der Waals surface area contributed by atoms with Crippen LogP contribution in [0.1, 0.15) is 23.5 Å². The number of fused-ring (bicyclic) bond motifs is 3. The summed E-state index contributed by atoms with van der Waals surface area (Å²) in [5, 5.41) is 14.0. The van der Waals surface area contributed by atoms with E-state index in [0.29, 0.717) is 12.3 Å². The van der Waals surface area contributed by atoms with Gasteiger partial charge in [0.2, 0.25) is 5.91 Å². The minimum absolute atomic E-state index is 0.000620. The standard InChI is InChI=1S/C24H28N2O6S/c1-31-16(12-22(27)25-10-11-33-15-23(28)29)13-26-24(30)32-14-21-19-8-4-2-6-17(19)18-7-3-5-9-20(18)21/h2-9,16,21H,10-15H2,1H3,(H,25,27)(H,26,30)(H,28,29). The topological polar surface area (TPSA) is 114 Å². The summed E-state index contributed by atoms with van der Waals surface area (Å²) in [6.07, 6.45) is -0.995. The van der Waals surface area contributed by atoms with Gasteiger partial charge in [-0.3, -0.25) is 9.59 Å². The van der Waals surface area contributed by atoms with Crippen molar-refractivity contribution in [2.24, 2.45) is 0 Å². The number of carboxylic acids is 1. The number of thioether (sulfide) groups is 1. The first kappa shape index (κ1) is 24.6. The number of amides is 2. The first-order valence-electron chi connectivity index (χ1n) is 10.7. The quantitative estimate of drug-likeness (QED) is 0.407. The molecule has 2 aromatic rings. The van der Waals surface area contributed by atoms with Crippen LogP contribution in [-0.4, -0.2) is 67.5 Å². The maximum Gasteiger partial charge on any atom is 0.407 e. The predicted octanol–water partition coefficient (Wildman–Crippen LogP) is 2.86. The first-order chi connectivity index (χ1) is 16.0. The number of carboxylic acid groups (broad SMARTS) is 1. The molecule has 0 aromatic heterocycles. The van der Waals surface area contributed by atoms with Gasteiger partial charge in [-0.15, -0.1) is 11.8 Å². The van der Waals surface area contributed by atoms with Gasteiger partial charge in [0.1, 0.15) is 6.61 Å². The molecule has 3 rings (SSSR count). The molecular formula is C24H28N2O6S. The smallest absolute Gasteiger partial charge is 0.407 e. The minimum atomic E-state index is -0.884. The number of nitrogens with one attached hydrogen (secondary N) is 2. The Labute approximate surface area is 197 Å². The summed E-state index contributed by atoms with van der Waals surface area (Å²) in [5.41, 5.74) is 4.60. The molecule has 0 radical (unpaired) electrons. The van der Waals surface area contributed by atoms with Crippen LogP contribution < -0.4 is 10.6 Å². The van der Waals surface area contributed by atoms with Gasteiger partial charge in [0, 0.05) is 31.9 Å². The van der Waals surface area contributed by atoms with Crippen molar-refractivity contribution in [3.63, 3.8) is 0 Å². The molecule has 0 bridgehead atoms. The molecule has 1 aliphatic carbocycles. The minimum Gasteiger partial charge on any atom is -0.481 e. The van der Waals surface area contributed by atoms with Gasteiger partial charge in [-0.05, 0) is 22.3 Å². The summed E-state index contributed by atoms with van der Waals surface area (Å²) in [4.78, 5) is 34.8. The van der Waals surface area contributed by atoms with Gasteiger partial charge >= 0.3 is 12.1 Å². The molecule has 0 fully saturated rings. The lowest BCUT2D eigenvalue weighted by Crippen LogP contribution is -2.38. The molecule has 0 saturated carbocycles. The van der Waals surface area contributed by atoms with Crippen LogP contribution in [0.3, 0.4) is 0 Å². The fourth-order valence-corrected chi connectivity index (χ4v) is 4.35. The Morgan fingerprint density at radius 2 is 1.67 bits per heavy atom. The molecule has 0 saturated heterocycles. The number of methoxy groups -OCH3 is 1. The van der Waals surface area contributed by atoms with Gasteiger partial charge in [0.25, 0.3) is 0 Å². The predicted molar refractivity (Wildman–Crippen MR) is 126 cm³/mol. The van der Waals surface area contributed by atoms with E-state index in [0.717, 1.165) is 22.3 Å². The van der Waals surface area contributed by atoms with Gasteiger partial charge in [-0.25, -0.2) is 4.79 Å². The van der Waals surface area contributed by atoms with E-state index >= 15 is 0 Å². The summed E-state index contributed by atoms with van der Waals surface area (Å²) in [6, 6.07) is 16.2. The van der Waals surface area contributed by atoms with Crippen LogP contribution in [0.5, 0.6) is 0 Å². The third kappa shape index (κ3) is 6.97. The fourth-order valence-electron chi connectivity index (χ4n) is 3.79. The van der Waals surface area contributed by atoms with Crippen molar-refractivity contribution in [1.29, 1.82) is 0 Å². The maximum atomic E-state index is 12.3. The number of carbonyl (C=O) groups is 3. The van der Waals surface area contributed by atoms with Crippen molar-refractivity contribution in [3.8, 4) is 11.1 Å². The number of ether oxygens (including phenoxy) is 2. The molecule has 2 aromatic carbocycles. The molecular weight excluding hydrogens is 444 g/mol. The van der Waals surface area contributed by atoms with Crippen LogP contribution >= 0.6 is 11.8 Å². The highest BCUT2D eigenvalue weighted by atomic mass is 32.2. The van der Waals surface area contributed by atoms with E-state index in [4.69, 9.17) is 14.6 Å². The zero-order valence-electron chi connectivity index (χ0n) is 18.4. The van der Waals surface area contributed by atoms with Crippen LogP contribution in [0.2, 0.25) is 0 Å². The van der Waals surface area contributed by atoms with Gasteiger partial charge in [0.15, 0.2) is 0 Å². The van der Waals surface area contributed by atoms with E-state index < -0.39 is 18.2 Å². The summed E-state index contributed by atoms with van der Waals surface area (Å²) in [7, 11) is 1.47. The summed E-state index contributed by atoms with van der Waals surface area (Å²) in [6.45, 7) is 0.716. The normalized spacial score (nSPS) is 13.0. The number of carbonyl (C=O) groups excluding carboxylic acids is 2. The van der Waals surface area contributed by atoms with E-state index in [1.54, 1.807) is 0 Å². The molecule has 0 aliphatic heterocycles. The average molecular weight is 473 g/mol. The van der Waals surface area contributed by atoms with Crippen molar-refractivity contribution in [2.45, 2.75) is 18.4 Å². The Balaban J connectivity index is 1.42. The highest BCUT2D eigenvalue weighted by Crippen LogP contribution is 2.44. The average Bonchev–Trinajstić information content (AvgIpc) is 3.13. The second-order valence-electron chi connectivity index (χ2n) is 7.56. The molecule has 8 nitrogen and oxygen atoms in total. The van der Waals surface area contributed by atoms with Gasteiger partial charge in [-0.1, -0.05) is 48.5 Å². The second kappa shape index (κ2) is 12.3. The van der Waals surface area contributed by atoms with Crippen molar-refractivity contribution in [1.82, 2.24) is 10.6 Å². The molecule has 0 spiro atoms. The second-order valence-corrected chi connectivity index (χ2v) is 8.67. The fraction of sp³-hybridized carbons (Fsp3) is 0.375. The molecule has 1 atom stereocenters. The zero-order chi connectivity index (χ0) is 23.6. The van der Waals surface area contributed by atoms with E-state index in [1.165, 1.54) is 18.9 Å². The molecule has 0 heterocycles. The highest BCUT2D eigenvalue weighted by molar-refractivity contribution is 7.99. The first-order valence-corrected chi connectivity index (χ1v) is 11.8. The third-order valence-corrected chi connectivity index (χ3v) is 6.30. The lowest BCUT2D eigenvalue weighted by molar-refractivity contribution is -0.134. The highest BCUT2D eigenvalue weighted by Gasteiger charge is 2.29. The molecule has 176 valence electrons. The lowest BCUT2D eigenvalue weighted by Gasteiger charge is -2.17. The number of benzene rings is 2. The van der Waals surface area contributed by atoms with E-state index in [9.17, 15) is 14.4 Å². The number of alkyl carbamates (subject to hydrolysis) is 1. The molecule has 2 amide bonds. The summed E-state index contributed by atoms with van der Waals surface area (Å²) in [5.74, 6) is -0.628. The van der Waals surface area contributed by atoms with E-state index in [-0.39, 0.29) is 37.2 Å². The van der Waals surface area contributed by atoms with Gasteiger partial charge < -0.3 is 25.2 Å². The van der Waals surface area contributed by atoms with Crippen molar-refractivity contribution < 1.29 is 29.0 Å². The van der Waals surface area contributed by atoms with Gasteiger partial charge in [-0.2, -0.15) is 0 Å². The molecule has 3 N–H and O–H groups in total. The number of aliphatic carboxylic acids is 1. The number of rotatable bonds is 12. The summed E-state index contributed by atoms with van der Waals surface area (Å²) >= 11 is 1.23. The monoisotopic (exact) mass is 472 g/mol. The van der Waals surface area contributed by atoms with Crippen molar-refractivity contribution >= 4 is 29.7 Å². The Morgan fingerprint density at radius 3 is 2.27 bits per heavy atom. The lowest BCUT2D eigenvalue weighted by atomic mass is 9.98. The van der Waals surface area contributed by atoms with Crippen LogP contribution in [0.15, 0.2) is 48.5 Å².